The lowest BCUT2D eigenvalue weighted by Gasteiger charge is -2.25. The van der Waals surface area contributed by atoms with Gasteiger partial charge in [0.15, 0.2) is 18.3 Å². The predicted molar refractivity (Wildman–Crippen MR) is 101 cm³/mol. The van der Waals surface area contributed by atoms with Gasteiger partial charge in [0.25, 0.3) is 5.91 Å². The first kappa shape index (κ1) is 18.0. The summed E-state index contributed by atoms with van der Waals surface area (Å²) in [6, 6.07) is 24.0. The monoisotopic (exact) mass is 349 g/mol. The summed E-state index contributed by atoms with van der Waals surface area (Å²) in [6.07, 6.45) is 1.67. The second kappa shape index (κ2) is 8.50. The van der Waals surface area contributed by atoms with Gasteiger partial charge in [0.2, 0.25) is 0 Å². The Hall–Kier alpha value is -2.85. The summed E-state index contributed by atoms with van der Waals surface area (Å²) in [4.78, 5) is 14.5. The highest BCUT2D eigenvalue weighted by Gasteiger charge is 2.24. The molecule has 1 amide bonds. The van der Waals surface area contributed by atoms with E-state index in [0.717, 1.165) is 16.9 Å². The highest BCUT2D eigenvalue weighted by Crippen LogP contribution is 2.19. The lowest BCUT2D eigenvalue weighted by Crippen LogP contribution is -2.87. The fourth-order valence-corrected chi connectivity index (χ4v) is 3.08. The van der Waals surface area contributed by atoms with Gasteiger partial charge in [-0.1, -0.05) is 60.7 Å². The van der Waals surface area contributed by atoms with Crippen LogP contribution in [0.3, 0.4) is 0 Å². The second-order valence-corrected chi connectivity index (χ2v) is 6.43. The molecule has 1 aromatic heterocycles. The van der Waals surface area contributed by atoms with Crippen molar-refractivity contribution < 1.29 is 14.5 Å². The molecule has 26 heavy (non-hydrogen) atoms. The van der Waals surface area contributed by atoms with Gasteiger partial charge < -0.3 is 14.6 Å². The normalized spacial score (nSPS) is 13.2. The minimum Gasteiger partial charge on any atom is -0.463 e. The van der Waals surface area contributed by atoms with E-state index in [1.54, 1.807) is 11.2 Å². The number of benzene rings is 2. The van der Waals surface area contributed by atoms with E-state index in [9.17, 15) is 4.79 Å². The molecule has 4 nitrogen and oxygen atoms in total. The van der Waals surface area contributed by atoms with Crippen LogP contribution in [-0.2, 0) is 4.79 Å². The van der Waals surface area contributed by atoms with E-state index in [0.29, 0.717) is 6.54 Å². The van der Waals surface area contributed by atoms with Crippen molar-refractivity contribution >= 4 is 5.91 Å². The molecule has 134 valence electrons. The van der Waals surface area contributed by atoms with Crippen LogP contribution in [-0.4, -0.2) is 24.4 Å². The Morgan fingerprint density at radius 1 is 0.962 bits per heavy atom. The molecule has 0 saturated carbocycles. The maximum Gasteiger partial charge on any atom is 0.277 e. The molecule has 0 saturated heterocycles. The van der Waals surface area contributed by atoms with Gasteiger partial charge in [0, 0.05) is 12.6 Å². The number of amides is 1. The molecule has 0 fully saturated rings. The molecule has 0 aliphatic heterocycles. The van der Waals surface area contributed by atoms with Crippen LogP contribution in [0.2, 0.25) is 0 Å². The predicted octanol–water partition coefficient (Wildman–Crippen LogP) is 3.15. The van der Waals surface area contributed by atoms with Crippen LogP contribution in [0.25, 0.3) is 0 Å². The molecule has 0 bridgehead atoms. The molecular weight excluding hydrogens is 324 g/mol. The first-order valence-corrected chi connectivity index (χ1v) is 8.89. The van der Waals surface area contributed by atoms with Crippen molar-refractivity contribution in [3.63, 3.8) is 0 Å². The summed E-state index contributed by atoms with van der Waals surface area (Å²) in [5.74, 6) is 0.941. The highest BCUT2D eigenvalue weighted by atomic mass is 16.3. The first-order chi connectivity index (χ1) is 12.7. The molecule has 4 heteroatoms. The SMILES string of the molecule is C[C@H](c1ccccc1)N(C)C(=O)C[NH2+][C@H](c1ccccc1)c1ccco1. The number of carbonyl (C=O) groups excluding carboxylic acids is 1. The van der Waals surface area contributed by atoms with Crippen molar-refractivity contribution in [2.75, 3.05) is 13.6 Å². The van der Waals surface area contributed by atoms with Gasteiger partial charge in [-0.15, -0.1) is 0 Å². The Balaban J connectivity index is 1.68. The number of likely N-dealkylation sites (N-methyl/N-ethyl adjacent to an activating group) is 1. The number of furan rings is 1. The number of carbonyl (C=O) groups is 1. The number of quaternary nitrogens is 1. The molecule has 1 heterocycles. The lowest BCUT2D eigenvalue weighted by molar-refractivity contribution is -0.679. The summed E-state index contributed by atoms with van der Waals surface area (Å²) in [6.45, 7) is 2.41. The lowest BCUT2D eigenvalue weighted by atomic mass is 10.0. The summed E-state index contributed by atoms with van der Waals surface area (Å²) in [7, 11) is 1.86. The van der Waals surface area contributed by atoms with E-state index in [4.69, 9.17) is 4.42 Å². The zero-order valence-electron chi connectivity index (χ0n) is 15.2. The molecule has 2 atom stereocenters. The first-order valence-electron chi connectivity index (χ1n) is 8.89. The van der Waals surface area contributed by atoms with Crippen LogP contribution in [0.5, 0.6) is 0 Å². The maximum atomic E-state index is 12.7. The molecule has 0 aliphatic rings. The van der Waals surface area contributed by atoms with Crippen molar-refractivity contribution in [1.29, 1.82) is 0 Å². The fourth-order valence-electron chi connectivity index (χ4n) is 3.08. The Labute approximate surface area is 154 Å². The average Bonchev–Trinajstić information content (AvgIpc) is 3.23. The van der Waals surface area contributed by atoms with Gasteiger partial charge >= 0.3 is 0 Å². The molecule has 0 spiro atoms. The molecule has 3 rings (SSSR count). The van der Waals surface area contributed by atoms with E-state index in [-0.39, 0.29) is 18.0 Å². The smallest absolute Gasteiger partial charge is 0.277 e. The summed E-state index contributed by atoms with van der Waals surface area (Å²) in [5, 5.41) is 2.03. The Kier molecular flexibility index (Phi) is 5.87. The Morgan fingerprint density at radius 2 is 1.58 bits per heavy atom. The van der Waals surface area contributed by atoms with E-state index in [2.05, 4.69) is 19.1 Å². The summed E-state index contributed by atoms with van der Waals surface area (Å²) >= 11 is 0. The van der Waals surface area contributed by atoms with Gasteiger partial charge in [-0.05, 0) is 24.6 Å². The van der Waals surface area contributed by atoms with Crippen molar-refractivity contribution in [2.24, 2.45) is 0 Å². The Morgan fingerprint density at radius 3 is 2.15 bits per heavy atom. The highest BCUT2D eigenvalue weighted by molar-refractivity contribution is 5.77. The standard InChI is InChI=1S/C22H24N2O2/c1-17(18-10-5-3-6-11-18)24(2)21(25)16-23-22(20-14-9-15-26-20)19-12-7-4-8-13-19/h3-15,17,22-23H,16H2,1-2H3/p+1/t17-,22-/m1/s1. The van der Waals surface area contributed by atoms with Crippen LogP contribution in [0.4, 0.5) is 0 Å². The van der Waals surface area contributed by atoms with Crippen LogP contribution in [0.1, 0.15) is 35.9 Å². The van der Waals surface area contributed by atoms with Crippen LogP contribution in [0.15, 0.2) is 83.5 Å². The third kappa shape index (κ3) is 4.21. The molecule has 2 N–H and O–H groups in total. The van der Waals surface area contributed by atoms with Crippen molar-refractivity contribution in [3.8, 4) is 0 Å². The maximum absolute atomic E-state index is 12.7. The van der Waals surface area contributed by atoms with Gasteiger partial charge in [0.1, 0.15) is 0 Å². The van der Waals surface area contributed by atoms with Crippen LogP contribution in [0, 0.1) is 0 Å². The number of hydrogen-bond donors (Lipinski definition) is 1. The summed E-state index contributed by atoms with van der Waals surface area (Å²) < 4.78 is 5.60. The average molecular weight is 349 g/mol. The van der Waals surface area contributed by atoms with Gasteiger partial charge in [0.05, 0.1) is 12.3 Å². The second-order valence-electron chi connectivity index (χ2n) is 6.43. The van der Waals surface area contributed by atoms with Crippen molar-refractivity contribution in [1.82, 2.24) is 4.90 Å². The minimum atomic E-state index is -0.0319. The molecule has 0 radical (unpaired) electrons. The van der Waals surface area contributed by atoms with Gasteiger partial charge in [-0.25, -0.2) is 0 Å². The number of nitrogens with zero attached hydrogens (tertiary/aromatic N) is 1. The number of hydrogen-bond acceptors (Lipinski definition) is 2. The van der Waals surface area contributed by atoms with Crippen LogP contribution >= 0.6 is 0 Å². The largest absolute Gasteiger partial charge is 0.463 e. The minimum absolute atomic E-state index is 0.0319. The molecule has 3 aromatic rings. The van der Waals surface area contributed by atoms with Crippen molar-refractivity contribution in [3.05, 3.63) is 95.9 Å². The van der Waals surface area contributed by atoms with Gasteiger partial charge in [-0.2, -0.15) is 0 Å². The van der Waals surface area contributed by atoms with E-state index < -0.39 is 0 Å². The van der Waals surface area contributed by atoms with E-state index in [1.807, 2.05) is 73.0 Å². The third-order valence-electron chi connectivity index (χ3n) is 4.79. The van der Waals surface area contributed by atoms with E-state index in [1.165, 1.54) is 0 Å². The number of rotatable bonds is 7. The molecule has 0 aliphatic carbocycles. The van der Waals surface area contributed by atoms with E-state index >= 15 is 0 Å². The zero-order chi connectivity index (χ0) is 18.4. The number of nitrogens with two attached hydrogens (primary N) is 1. The van der Waals surface area contributed by atoms with Crippen molar-refractivity contribution in [2.45, 2.75) is 19.0 Å². The summed E-state index contributed by atoms with van der Waals surface area (Å²) in [5.41, 5.74) is 2.25. The molecule has 2 aromatic carbocycles. The topological polar surface area (TPSA) is 50.1 Å². The zero-order valence-corrected chi connectivity index (χ0v) is 15.2. The fraction of sp³-hybridized carbons (Fsp3) is 0.227. The molecular formula is C22H25N2O2+. The molecule has 0 unspecified atom stereocenters. The van der Waals surface area contributed by atoms with Crippen LogP contribution < -0.4 is 5.32 Å². The quantitative estimate of drug-likeness (QED) is 0.712. The van der Waals surface area contributed by atoms with Gasteiger partial charge in [-0.3, -0.25) is 4.79 Å². The third-order valence-corrected chi connectivity index (χ3v) is 4.79. The Bertz CT molecular complexity index is 801.